The van der Waals surface area contributed by atoms with Crippen molar-refractivity contribution in [2.24, 2.45) is 0 Å². The summed E-state index contributed by atoms with van der Waals surface area (Å²) in [4.78, 5) is 12.7. The summed E-state index contributed by atoms with van der Waals surface area (Å²) >= 11 is 0. The number of carbonyl (C=O) groups is 1. The number of ether oxygens (including phenoxy) is 2. The fourth-order valence-electron chi connectivity index (χ4n) is 3.11. The standard InChI is InChI=1S/C27H26N2O3/c1-18-6-9-21(10-7-18)17-32-25-12-11-22(15-26(25)31-4)14-23(16-28)27(30)29-24-13-19(2)5-8-20(24)3/h5-15H,17H2,1-4H3,(H,29,30). The molecule has 3 rings (SSSR count). The number of nitrogens with one attached hydrogen (secondary N) is 1. The van der Waals surface area contributed by atoms with E-state index in [0.717, 1.165) is 16.7 Å². The largest absolute Gasteiger partial charge is 0.493 e. The van der Waals surface area contributed by atoms with E-state index in [1.165, 1.54) is 11.6 Å². The average molecular weight is 427 g/mol. The Morgan fingerprint density at radius 1 is 0.969 bits per heavy atom. The first kappa shape index (κ1) is 22.6. The number of methoxy groups -OCH3 is 1. The number of aryl methyl sites for hydroxylation is 3. The molecule has 5 nitrogen and oxygen atoms in total. The molecular weight excluding hydrogens is 400 g/mol. The maximum absolute atomic E-state index is 12.7. The van der Waals surface area contributed by atoms with Gasteiger partial charge in [-0.1, -0.05) is 48.0 Å². The van der Waals surface area contributed by atoms with E-state index in [1.54, 1.807) is 25.3 Å². The van der Waals surface area contributed by atoms with Gasteiger partial charge in [-0.15, -0.1) is 0 Å². The first-order valence-electron chi connectivity index (χ1n) is 10.3. The normalized spacial score (nSPS) is 10.9. The van der Waals surface area contributed by atoms with Crippen molar-refractivity contribution >= 4 is 17.7 Å². The zero-order valence-electron chi connectivity index (χ0n) is 18.7. The summed E-state index contributed by atoms with van der Waals surface area (Å²) in [7, 11) is 1.56. The van der Waals surface area contributed by atoms with Crippen molar-refractivity contribution < 1.29 is 14.3 Å². The molecule has 0 heterocycles. The molecule has 0 aliphatic rings. The summed E-state index contributed by atoms with van der Waals surface area (Å²) in [6, 6.07) is 21.2. The van der Waals surface area contributed by atoms with Crippen LogP contribution in [0.3, 0.4) is 0 Å². The molecule has 0 fully saturated rings. The predicted octanol–water partition coefficient (Wildman–Crippen LogP) is 5.75. The molecule has 1 amide bonds. The molecule has 162 valence electrons. The number of hydrogen-bond donors (Lipinski definition) is 1. The van der Waals surface area contributed by atoms with Crippen LogP contribution in [0.2, 0.25) is 0 Å². The number of amides is 1. The summed E-state index contributed by atoms with van der Waals surface area (Å²) in [6.07, 6.45) is 1.53. The highest BCUT2D eigenvalue weighted by Crippen LogP contribution is 2.30. The number of nitriles is 1. The van der Waals surface area contributed by atoms with Crippen LogP contribution in [0, 0.1) is 32.1 Å². The second kappa shape index (κ2) is 10.3. The zero-order valence-corrected chi connectivity index (χ0v) is 18.7. The van der Waals surface area contributed by atoms with Gasteiger partial charge in [0.2, 0.25) is 0 Å². The molecule has 3 aromatic carbocycles. The van der Waals surface area contributed by atoms with Crippen LogP contribution in [0.15, 0.2) is 66.2 Å². The first-order chi connectivity index (χ1) is 15.4. The van der Waals surface area contributed by atoms with Gasteiger partial charge in [-0.05, 0) is 67.3 Å². The van der Waals surface area contributed by atoms with Gasteiger partial charge in [0, 0.05) is 5.69 Å². The monoisotopic (exact) mass is 426 g/mol. The van der Waals surface area contributed by atoms with Crippen LogP contribution in [-0.4, -0.2) is 13.0 Å². The number of nitrogens with zero attached hydrogens (tertiary/aromatic N) is 1. The van der Waals surface area contributed by atoms with Crippen LogP contribution in [-0.2, 0) is 11.4 Å². The fraction of sp³-hybridized carbons (Fsp3) is 0.185. The molecular formula is C27H26N2O3. The summed E-state index contributed by atoms with van der Waals surface area (Å²) in [6.45, 7) is 6.31. The summed E-state index contributed by atoms with van der Waals surface area (Å²) < 4.78 is 11.4. The Kier molecular flexibility index (Phi) is 7.30. The molecule has 0 spiro atoms. The molecule has 0 aromatic heterocycles. The third-order valence-electron chi connectivity index (χ3n) is 5.02. The van der Waals surface area contributed by atoms with Gasteiger partial charge in [0.25, 0.3) is 5.91 Å². The summed E-state index contributed by atoms with van der Waals surface area (Å²) in [5.74, 6) is 0.654. The lowest BCUT2D eigenvalue weighted by atomic mass is 10.1. The molecule has 0 aliphatic heterocycles. The van der Waals surface area contributed by atoms with Crippen molar-refractivity contribution in [3.8, 4) is 17.6 Å². The maximum Gasteiger partial charge on any atom is 0.266 e. The van der Waals surface area contributed by atoms with Crippen LogP contribution in [0.25, 0.3) is 6.08 Å². The van der Waals surface area contributed by atoms with Gasteiger partial charge >= 0.3 is 0 Å². The molecule has 5 heteroatoms. The minimum Gasteiger partial charge on any atom is -0.493 e. The van der Waals surface area contributed by atoms with Gasteiger partial charge in [-0.25, -0.2) is 0 Å². The quantitative estimate of drug-likeness (QED) is 0.386. The highest BCUT2D eigenvalue weighted by molar-refractivity contribution is 6.10. The third-order valence-corrected chi connectivity index (χ3v) is 5.02. The van der Waals surface area contributed by atoms with Gasteiger partial charge in [-0.3, -0.25) is 4.79 Å². The predicted molar refractivity (Wildman–Crippen MR) is 127 cm³/mol. The third kappa shape index (κ3) is 5.77. The SMILES string of the molecule is COc1cc(C=C(C#N)C(=O)Nc2cc(C)ccc2C)ccc1OCc1ccc(C)cc1. The Labute approximate surface area is 188 Å². The molecule has 0 atom stereocenters. The molecule has 0 saturated heterocycles. The van der Waals surface area contributed by atoms with E-state index in [9.17, 15) is 10.1 Å². The van der Waals surface area contributed by atoms with Crippen molar-refractivity contribution in [1.29, 1.82) is 5.26 Å². The van der Waals surface area contributed by atoms with Gasteiger partial charge < -0.3 is 14.8 Å². The first-order valence-corrected chi connectivity index (χ1v) is 10.3. The van der Waals surface area contributed by atoms with Crippen LogP contribution in [0.1, 0.15) is 27.8 Å². The highest BCUT2D eigenvalue weighted by Gasteiger charge is 2.12. The summed E-state index contributed by atoms with van der Waals surface area (Å²) in [5, 5.41) is 12.4. The van der Waals surface area contributed by atoms with Crippen LogP contribution in [0.5, 0.6) is 11.5 Å². The Bertz CT molecular complexity index is 1190. The van der Waals surface area contributed by atoms with Crippen molar-refractivity contribution in [1.82, 2.24) is 0 Å². The van der Waals surface area contributed by atoms with E-state index in [2.05, 4.69) is 5.32 Å². The van der Waals surface area contributed by atoms with Crippen LogP contribution < -0.4 is 14.8 Å². The van der Waals surface area contributed by atoms with E-state index in [1.807, 2.05) is 69.3 Å². The van der Waals surface area contributed by atoms with Crippen molar-refractivity contribution in [3.05, 3.63) is 94.1 Å². The Balaban J connectivity index is 1.76. The smallest absolute Gasteiger partial charge is 0.266 e. The molecule has 0 radical (unpaired) electrons. The average Bonchev–Trinajstić information content (AvgIpc) is 2.79. The minimum absolute atomic E-state index is 0.00119. The molecule has 0 aliphatic carbocycles. The zero-order chi connectivity index (χ0) is 23.1. The van der Waals surface area contributed by atoms with Crippen LogP contribution in [0.4, 0.5) is 5.69 Å². The second-order valence-electron chi connectivity index (χ2n) is 7.63. The Morgan fingerprint density at radius 3 is 2.38 bits per heavy atom. The number of rotatable bonds is 7. The summed E-state index contributed by atoms with van der Waals surface area (Å²) in [5.41, 5.74) is 5.55. The van der Waals surface area contributed by atoms with E-state index < -0.39 is 5.91 Å². The van der Waals surface area contributed by atoms with Gasteiger partial charge in [0.1, 0.15) is 18.2 Å². The Hall–Kier alpha value is -4.04. The highest BCUT2D eigenvalue weighted by atomic mass is 16.5. The lowest BCUT2D eigenvalue weighted by molar-refractivity contribution is -0.112. The number of carbonyl (C=O) groups excluding carboxylic acids is 1. The van der Waals surface area contributed by atoms with Crippen molar-refractivity contribution in [2.75, 3.05) is 12.4 Å². The molecule has 0 saturated carbocycles. The van der Waals surface area contributed by atoms with Gasteiger partial charge in [0.15, 0.2) is 11.5 Å². The second-order valence-corrected chi connectivity index (χ2v) is 7.63. The molecule has 0 bridgehead atoms. The molecule has 32 heavy (non-hydrogen) atoms. The maximum atomic E-state index is 12.7. The lowest BCUT2D eigenvalue weighted by Gasteiger charge is -2.12. The van der Waals surface area contributed by atoms with Crippen LogP contribution >= 0.6 is 0 Å². The molecule has 3 aromatic rings. The number of hydrogen-bond acceptors (Lipinski definition) is 4. The van der Waals surface area contributed by atoms with E-state index >= 15 is 0 Å². The lowest BCUT2D eigenvalue weighted by Crippen LogP contribution is -2.14. The van der Waals surface area contributed by atoms with Gasteiger partial charge in [0.05, 0.1) is 7.11 Å². The molecule has 1 N–H and O–H groups in total. The van der Waals surface area contributed by atoms with E-state index in [-0.39, 0.29) is 5.57 Å². The van der Waals surface area contributed by atoms with E-state index in [4.69, 9.17) is 9.47 Å². The fourth-order valence-corrected chi connectivity index (χ4v) is 3.11. The Morgan fingerprint density at radius 2 is 1.69 bits per heavy atom. The topological polar surface area (TPSA) is 71.3 Å². The minimum atomic E-state index is -0.458. The number of anilines is 1. The van der Waals surface area contributed by atoms with Gasteiger partial charge in [-0.2, -0.15) is 5.26 Å². The van der Waals surface area contributed by atoms with Crippen molar-refractivity contribution in [3.63, 3.8) is 0 Å². The molecule has 0 unspecified atom stereocenters. The number of benzene rings is 3. The van der Waals surface area contributed by atoms with E-state index in [0.29, 0.717) is 29.4 Å². The van der Waals surface area contributed by atoms with Crippen molar-refractivity contribution in [2.45, 2.75) is 27.4 Å².